The fourth-order valence-electron chi connectivity index (χ4n) is 9.19. The molecule has 2 atom stereocenters. The Bertz CT molecular complexity index is 4000. The van der Waals surface area contributed by atoms with Gasteiger partial charge in [0.25, 0.3) is 0 Å². The van der Waals surface area contributed by atoms with Crippen LogP contribution in [0.2, 0.25) is 0 Å². The molecule has 0 aliphatic carbocycles. The van der Waals surface area contributed by atoms with Crippen molar-refractivity contribution in [2.45, 2.75) is 107 Å². The van der Waals surface area contributed by atoms with Crippen molar-refractivity contribution < 1.29 is 93.6 Å². The molecule has 11 rings (SSSR count). The first kappa shape index (κ1) is 84.5. The van der Waals surface area contributed by atoms with E-state index in [1.54, 1.807) is 50.5 Å². The second kappa shape index (κ2) is 43.0. The standard InChI is InChI=1S/C26H24N3.2C15H18N3.C8H4F3N4.C6H5NO2.C5H12O2.3Ir/c1-20-17-27-26(21(2)28-20)24-14-9-15-25(16-24)29(18-22-10-5-3-6-11-22)19-23-12-7-4-8-13-23;2*1-5-18(4)14-8-6-7-13(9-14)15-12(3)17-11(2)10-16-15;9-8(10,11)7-13-6(14-15-7)5-3-1-2-4-12-5;8-6(9)5-3-1-2-4-7-5;1-4(6)3-5(2)7;;;/h3-13,15-17H,18-19H2,1-2H3;2*6,8-10H,5H2,1-4H3;1-4H;1-4H,(H,8,9);4-7H,3H2,1-2H3;;;/q4*-1;;;;;. The van der Waals surface area contributed by atoms with Crippen LogP contribution in [0.1, 0.15) is 95.7 Å². The summed E-state index contributed by atoms with van der Waals surface area (Å²) in [4.78, 5) is 54.5. The molecule has 0 saturated carbocycles. The topological polar surface area (TPSA) is 230 Å². The number of pyridine rings is 2. The minimum absolute atomic E-state index is 0. The van der Waals surface area contributed by atoms with Gasteiger partial charge >= 0.3 is 12.1 Å². The Balaban J connectivity index is 0.000000324. The number of carboxylic acids is 1. The second-order valence-corrected chi connectivity index (χ2v) is 22.2. The molecule has 99 heavy (non-hydrogen) atoms. The molecule has 0 spiro atoms. The van der Waals surface area contributed by atoms with E-state index >= 15 is 0 Å². The van der Waals surface area contributed by atoms with Crippen molar-refractivity contribution in [3.63, 3.8) is 0 Å². The Labute approximate surface area is 619 Å². The zero-order valence-electron chi connectivity index (χ0n) is 57.2. The number of rotatable bonds is 16. The maximum atomic E-state index is 12.1. The molecule has 0 aliphatic heterocycles. The van der Waals surface area contributed by atoms with E-state index in [0.29, 0.717) is 6.42 Å². The SMILES string of the molecule is CC(O)CC(C)O.CCN(C)c1cc[c-]c(-c2ncc(C)nc2C)c1.CCN(C)c1cc[c-]c(-c2ncc(C)nc2C)c1.Cc1cnc(-c2[c-]ccc(N(Cc3ccccc3)Cc3ccccc3)c2)c(C)n1.FC(F)(F)c1n[n-]c(-c2ccccn2)n1.O=C(O)c1ccccn1.[Ir].[Ir].[Ir]. The maximum Gasteiger partial charge on any atom is 0.429 e. The molecule has 6 heterocycles. The molecule has 0 fully saturated rings. The summed E-state index contributed by atoms with van der Waals surface area (Å²) in [5.41, 5.74) is 17.7. The molecule has 0 aliphatic rings. The minimum atomic E-state index is -4.57. The molecule has 18 nitrogen and oxygen atoms in total. The minimum Gasteiger partial charge on any atom is -0.477 e. The molecule has 0 amide bonds. The number of halogens is 3. The second-order valence-electron chi connectivity index (χ2n) is 22.2. The summed E-state index contributed by atoms with van der Waals surface area (Å²) in [5.74, 6) is -2.36. The van der Waals surface area contributed by atoms with Gasteiger partial charge in [-0.3, -0.25) is 25.0 Å². The van der Waals surface area contributed by atoms with Crippen molar-refractivity contribution in [3.05, 3.63) is 258 Å². The number of aliphatic hydroxyl groups is 2. The first-order valence-electron chi connectivity index (χ1n) is 31.0. The van der Waals surface area contributed by atoms with Crippen LogP contribution in [0.4, 0.5) is 30.2 Å². The summed E-state index contributed by atoms with van der Waals surface area (Å²) < 4.78 is 36.4. The van der Waals surface area contributed by atoms with E-state index in [0.717, 1.165) is 99.8 Å². The van der Waals surface area contributed by atoms with Gasteiger partial charge < -0.3 is 55.1 Å². The van der Waals surface area contributed by atoms with Gasteiger partial charge in [-0.25, -0.2) is 9.78 Å². The van der Waals surface area contributed by atoms with E-state index in [2.05, 4.69) is 213 Å². The van der Waals surface area contributed by atoms with E-state index in [1.165, 1.54) is 47.0 Å². The number of aromatic nitrogens is 11. The zero-order chi connectivity index (χ0) is 69.7. The number of aromatic carboxylic acids is 1. The van der Waals surface area contributed by atoms with Gasteiger partial charge in [-0.05, 0) is 134 Å². The summed E-state index contributed by atoms with van der Waals surface area (Å²) in [5, 5.41) is 31.7. The molecule has 0 bridgehead atoms. The van der Waals surface area contributed by atoms with E-state index in [-0.39, 0.29) is 89.7 Å². The van der Waals surface area contributed by atoms with Crippen molar-refractivity contribution in [2.24, 2.45) is 0 Å². The van der Waals surface area contributed by atoms with E-state index in [1.807, 2.05) is 65.9 Å². The van der Waals surface area contributed by atoms with E-state index < -0.39 is 18.0 Å². The average Bonchev–Trinajstić information content (AvgIpc) is 1.43. The van der Waals surface area contributed by atoms with E-state index in [4.69, 9.17) is 15.3 Å². The largest absolute Gasteiger partial charge is 0.477 e. The smallest absolute Gasteiger partial charge is 0.429 e. The molecule has 6 aromatic heterocycles. The number of alkyl halides is 3. The maximum absolute atomic E-state index is 12.1. The first-order chi connectivity index (χ1) is 45.9. The van der Waals surface area contributed by atoms with Gasteiger partial charge in [0.2, 0.25) is 0 Å². The molecule has 3 N–H and O–H groups in total. The number of aliphatic hydroxyl groups excluding tert-OH is 2. The van der Waals surface area contributed by atoms with Crippen molar-refractivity contribution in [2.75, 3.05) is 41.9 Å². The normalized spacial score (nSPS) is 10.8. The Kier molecular flexibility index (Phi) is 36.7. The predicted octanol–water partition coefficient (Wildman–Crippen LogP) is 14.2. The zero-order valence-corrected chi connectivity index (χ0v) is 64.3. The summed E-state index contributed by atoms with van der Waals surface area (Å²) in [6.07, 6.45) is 3.45. The fraction of sp³-hybridized carbons (Fsp3) is 0.267. The molecule has 2 unspecified atom stereocenters. The van der Waals surface area contributed by atoms with Crippen LogP contribution in [-0.2, 0) is 79.6 Å². The van der Waals surface area contributed by atoms with Gasteiger partial charge in [0, 0.05) is 166 Å². The summed E-state index contributed by atoms with van der Waals surface area (Å²) >= 11 is 0. The Hall–Kier alpha value is -8.69. The number of carboxylic acid groups (broad SMARTS) is 1. The van der Waals surface area contributed by atoms with Crippen molar-refractivity contribution in [3.8, 4) is 45.3 Å². The van der Waals surface area contributed by atoms with Crippen molar-refractivity contribution in [1.82, 2.24) is 55.1 Å². The molecular weight excluding hydrogens is 1790 g/mol. The van der Waals surface area contributed by atoms with Gasteiger partial charge in [0.15, 0.2) is 0 Å². The van der Waals surface area contributed by atoms with Crippen LogP contribution >= 0.6 is 0 Å². The third-order valence-electron chi connectivity index (χ3n) is 14.1. The van der Waals surface area contributed by atoms with Crippen LogP contribution in [0.15, 0.2) is 183 Å². The Morgan fingerprint density at radius 2 is 0.909 bits per heavy atom. The quantitative estimate of drug-likeness (QED) is 0.0764. The molecule has 0 saturated heterocycles. The van der Waals surface area contributed by atoms with Gasteiger partial charge in [0.1, 0.15) is 11.5 Å². The van der Waals surface area contributed by atoms with Crippen LogP contribution in [0.25, 0.3) is 45.3 Å². The van der Waals surface area contributed by atoms with Crippen molar-refractivity contribution >= 4 is 23.0 Å². The summed E-state index contributed by atoms with van der Waals surface area (Å²) in [6, 6.07) is 59.0. The molecule has 24 heteroatoms. The monoisotopic (exact) mass is 1880 g/mol. The van der Waals surface area contributed by atoms with Crippen LogP contribution in [-0.4, -0.2) is 111 Å². The molecule has 3 radical (unpaired) electrons. The number of benzene rings is 5. The average molecular weight is 1880 g/mol. The van der Waals surface area contributed by atoms with Crippen LogP contribution in [0.3, 0.4) is 0 Å². The predicted molar refractivity (Wildman–Crippen MR) is 371 cm³/mol. The summed E-state index contributed by atoms with van der Waals surface area (Å²) in [7, 11) is 4.15. The molecule has 11 aromatic rings. The first-order valence-corrected chi connectivity index (χ1v) is 31.0. The number of hydrogen-bond acceptors (Lipinski definition) is 16. The summed E-state index contributed by atoms with van der Waals surface area (Å²) in [6.45, 7) is 23.0. The molecular formula is C75H81F3Ir3N14O4-4. The third-order valence-corrected chi connectivity index (χ3v) is 14.1. The Morgan fingerprint density at radius 3 is 1.22 bits per heavy atom. The van der Waals surface area contributed by atoms with Gasteiger partial charge in [-0.1, -0.05) is 72.8 Å². The van der Waals surface area contributed by atoms with E-state index in [9.17, 15) is 18.0 Å². The van der Waals surface area contributed by atoms with Crippen molar-refractivity contribution in [1.29, 1.82) is 0 Å². The van der Waals surface area contributed by atoms with Gasteiger partial charge in [-0.2, -0.15) is 13.2 Å². The fourth-order valence-corrected chi connectivity index (χ4v) is 9.19. The number of aryl methyl sites for hydroxylation is 6. The van der Waals surface area contributed by atoms with Crippen LogP contribution < -0.4 is 19.8 Å². The van der Waals surface area contributed by atoms with Gasteiger partial charge in [-0.15, -0.1) is 89.5 Å². The van der Waals surface area contributed by atoms with Gasteiger partial charge in [0.05, 0.1) is 35.0 Å². The number of carbonyl (C=O) groups is 1. The van der Waals surface area contributed by atoms with Crippen LogP contribution in [0.5, 0.6) is 0 Å². The third kappa shape index (κ3) is 28.2. The number of hydrogen-bond donors (Lipinski definition) is 3. The number of nitrogens with zero attached hydrogens (tertiary/aromatic N) is 14. The molecule has 5 aromatic carbocycles. The number of anilines is 3. The molecule has 527 valence electrons. The van der Waals surface area contributed by atoms with Crippen LogP contribution in [0, 0.1) is 59.7 Å². The Morgan fingerprint density at radius 1 is 0.525 bits per heavy atom.